The molecule has 1 saturated heterocycles. The summed E-state index contributed by atoms with van der Waals surface area (Å²) in [5, 5.41) is 0.982. The van der Waals surface area contributed by atoms with Crippen LogP contribution in [0.15, 0.2) is 41.3 Å². The second kappa shape index (κ2) is 9.14. The summed E-state index contributed by atoms with van der Waals surface area (Å²) in [6, 6.07) is 8.31. The van der Waals surface area contributed by atoms with Crippen LogP contribution in [0.5, 0.6) is 17.2 Å². The van der Waals surface area contributed by atoms with E-state index in [1.165, 1.54) is 33.5 Å². The highest BCUT2D eigenvalue weighted by Gasteiger charge is 2.34. The first kappa shape index (κ1) is 21.6. The van der Waals surface area contributed by atoms with Crippen molar-refractivity contribution in [3.63, 3.8) is 0 Å². The van der Waals surface area contributed by atoms with Crippen molar-refractivity contribution < 1.29 is 28.2 Å². The molecule has 0 aromatic heterocycles. The van der Waals surface area contributed by atoms with Gasteiger partial charge in [-0.15, -0.1) is 0 Å². The number of nitrogens with one attached hydrogen (secondary N) is 1. The second-order valence-corrected chi connectivity index (χ2v) is 7.60. The molecule has 2 aromatic rings. The van der Waals surface area contributed by atoms with Crippen LogP contribution in [0.2, 0.25) is 0 Å². The molecule has 1 aliphatic rings. The molecule has 10 heteroatoms. The van der Waals surface area contributed by atoms with Gasteiger partial charge in [0.05, 0.1) is 26.2 Å². The van der Waals surface area contributed by atoms with E-state index < -0.39 is 17.6 Å². The van der Waals surface area contributed by atoms with E-state index in [-0.39, 0.29) is 9.88 Å². The fourth-order valence-corrected chi connectivity index (χ4v) is 3.85. The van der Waals surface area contributed by atoms with E-state index in [1.807, 2.05) is 0 Å². The molecule has 1 N–H and O–H groups in total. The first-order valence-corrected chi connectivity index (χ1v) is 9.75. The smallest absolute Gasteiger partial charge is 0.285 e. The van der Waals surface area contributed by atoms with Gasteiger partial charge in [-0.2, -0.15) is 5.01 Å². The van der Waals surface area contributed by atoms with E-state index in [1.54, 1.807) is 18.2 Å². The standard InChI is InChI=1S/C20H17FN2O5S2/c1-26-14-8-11(9-15(27-2)17(14)28-3)10-16-19(25)23(20(29)30-16)22-18(24)12-4-6-13(21)7-5-12/h4-10H,1-3H3,(H,22,24). The summed E-state index contributed by atoms with van der Waals surface area (Å²) in [6.07, 6.45) is 1.60. The molecule has 0 atom stereocenters. The van der Waals surface area contributed by atoms with Gasteiger partial charge in [-0.05, 0) is 60.3 Å². The molecule has 0 bridgehead atoms. The van der Waals surface area contributed by atoms with Crippen LogP contribution in [0.1, 0.15) is 15.9 Å². The summed E-state index contributed by atoms with van der Waals surface area (Å²) in [6.45, 7) is 0. The van der Waals surface area contributed by atoms with Crippen molar-refractivity contribution in [2.75, 3.05) is 21.3 Å². The summed E-state index contributed by atoms with van der Waals surface area (Å²) in [7, 11) is 4.48. The number of carbonyl (C=O) groups excluding carboxylic acids is 2. The minimum Gasteiger partial charge on any atom is -0.493 e. The average molecular weight is 448 g/mol. The highest BCUT2D eigenvalue weighted by atomic mass is 32.2. The number of methoxy groups -OCH3 is 3. The average Bonchev–Trinajstić information content (AvgIpc) is 3.00. The van der Waals surface area contributed by atoms with Gasteiger partial charge < -0.3 is 14.2 Å². The van der Waals surface area contributed by atoms with E-state index in [9.17, 15) is 14.0 Å². The van der Waals surface area contributed by atoms with Crippen molar-refractivity contribution in [2.45, 2.75) is 0 Å². The number of thioether (sulfide) groups is 1. The molecule has 1 heterocycles. The molecule has 30 heavy (non-hydrogen) atoms. The van der Waals surface area contributed by atoms with Crippen LogP contribution in [0.25, 0.3) is 6.08 Å². The minimum atomic E-state index is -0.583. The molecule has 0 radical (unpaired) electrons. The van der Waals surface area contributed by atoms with Crippen LogP contribution in [0, 0.1) is 5.82 Å². The molecule has 3 rings (SSSR count). The van der Waals surface area contributed by atoms with Crippen molar-refractivity contribution in [1.82, 2.24) is 10.4 Å². The predicted molar refractivity (Wildman–Crippen MR) is 115 cm³/mol. The largest absolute Gasteiger partial charge is 0.493 e. The Kier molecular flexibility index (Phi) is 6.58. The normalized spacial score (nSPS) is 14.8. The maximum absolute atomic E-state index is 13.0. The lowest BCUT2D eigenvalue weighted by Gasteiger charge is -2.15. The third-order valence-electron chi connectivity index (χ3n) is 4.10. The van der Waals surface area contributed by atoms with Crippen molar-refractivity contribution >= 4 is 46.2 Å². The molecule has 2 amide bonds. The number of halogens is 1. The van der Waals surface area contributed by atoms with Gasteiger partial charge in [-0.25, -0.2) is 4.39 Å². The molecule has 0 spiro atoms. The van der Waals surface area contributed by atoms with Gasteiger partial charge in [-0.1, -0.05) is 11.8 Å². The van der Waals surface area contributed by atoms with Crippen LogP contribution in [0.3, 0.4) is 0 Å². The quantitative estimate of drug-likeness (QED) is 0.536. The Morgan fingerprint density at radius 3 is 2.23 bits per heavy atom. The number of carbonyl (C=O) groups is 2. The van der Waals surface area contributed by atoms with Crippen molar-refractivity contribution in [1.29, 1.82) is 0 Å². The predicted octanol–water partition coefficient (Wildman–Crippen LogP) is 3.40. The summed E-state index contributed by atoms with van der Waals surface area (Å²) >= 11 is 6.25. The fourth-order valence-electron chi connectivity index (χ4n) is 2.67. The molecule has 1 aliphatic heterocycles. The van der Waals surface area contributed by atoms with Gasteiger partial charge >= 0.3 is 0 Å². The highest BCUT2D eigenvalue weighted by molar-refractivity contribution is 8.26. The topological polar surface area (TPSA) is 77.1 Å². The number of hydrogen-bond donors (Lipinski definition) is 1. The molecule has 0 saturated carbocycles. The van der Waals surface area contributed by atoms with Crippen molar-refractivity contribution in [2.24, 2.45) is 0 Å². The Labute approximate surface area is 181 Å². The van der Waals surface area contributed by atoms with Gasteiger partial charge in [0.15, 0.2) is 15.8 Å². The summed E-state index contributed by atoms with van der Waals surface area (Å²) in [5.41, 5.74) is 3.26. The van der Waals surface area contributed by atoms with E-state index in [4.69, 9.17) is 26.4 Å². The van der Waals surface area contributed by atoms with Crippen molar-refractivity contribution in [3.8, 4) is 17.2 Å². The van der Waals surface area contributed by atoms with Gasteiger partial charge in [0.1, 0.15) is 5.82 Å². The van der Waals surface area contributed by atoms with Crippen LogP contribution in [-0.4, -0.2) is 42.5 Å². The van der Waals surface area contributed by atoms with Gasteiger partial charge in [0, 0.05) is 5.56 Å². The maximum atomic E-state index is 13.0. The van der Waals surface area contributed by atoms with E-state index in [2.05, 4.69) is 5.43 Å². The van der Waals surface area contributed by atoms with E-state index >= 15 is 0 Å². The van der Waals surface area contributed by atoms with Crippen molar-refractivity contribution in [3.05, 3.63) is 58.2 Å². The summed E-state index contributed by atoms with van der Waals surface area (Å²) in [4.78, 5) is 25.4. The maximum Gasteiger partial charge on any atom is 0.285 e. The SMILES string of the molecule is COc1cc(C=C2SC(=S)N(NC(=O)c3ccc(F)cc3)C2=O)cc(OC)c1OC. The number of nitrogens with zero attached hydrogens (tertiary/aromatic N) is 1. The van der Waals surface area contributed by atoms with Crippen LogP contribution >= 0.6 is 24.0 Å². The van der Waals surface area contributed by atoms with E-state index in [0.29, 0.717) is 27.7 Å². The molecule has 2 aromatic carbocycles. The lowest BCUT2D eigenvalue weighted by Crippen LogP contribution is -2.44. The first-order valence-electron chi connectivity index (χ1n) is 8.52. The van der Waals surface area contributed by atoms with Crippen LogP contribution in [0.4, 0.5) is 4.39 Å². The first-order chi connectivity index (χ1) is 14.4. The fraction of sp³-hybridized carbons (Fsp3) is 0.150. The lowest BCUT2D eigenvalue weighted by atomic mass is 10.1. The van der Waals surface area contributed by atoms with Gasteiger partial charge in [0.25, 0.3) is 11.8 Å². The number of thiocarbonyl (C=S) groups is 1. The Balaban J connectivity index is 1.84. The number of amides is 2. The van der Waals surface area contributed by atoms with Gasteiger partial charge in [-0.3, -0.25) is 15.0 Å². The molecular weight excluding hydrogens is 431 g/mol. The zero-order chi connectivity index (χ0) is 21.8. The number of ether oxygens (including phenoxy) is 3. The molecule has 0 unspecified atom stereocenters. The van der Waals surface area contributed by atoms with Crippen LogP contribution < -0.4 is 19.6 Å². The van der Waals surface area contributed by atoms with Gasteiger partial charge in [0.2, 0.25) is 5.75 Å². The second-order valence-electron chi connectivity index (χ2n) is 5.92. The summed E-state index contributed by atoms with van der Waals surface area (Å²) < 4.78 is 29.1. The molecular formula is C20H17FN2O5S2. The molecule has 156 valence electrons. The third kappa shape index (κ3) is 4.39. The van der Waals surface area contributed by atoms with Crippen LogP contribution in [-0.2, 0) is 4.79 Å². The minimum absolute atomic E-state index is 0.161. The lowest BCUT2D eigenvalue weighted by molar-refractivity contribution is -0.123. The Morgan fingerprint density at radius 1 is 1.10 bits per heavy atom. The van der Waals surface area contributed by atoms with E-state index in [0.717, 1.165) is 28.9 Å². The molecule has 7 nitrogen and oxygen atoms in total. The number of hydrogen-bond acceptors (Lipinski definition) is 7. The number of hydrazine groups is 1. The Morgan fingerprint density at radius 2 is 1.70 bits per heavy atom. The Hall–Kier alpha value is -3.11. The molecule has 1 fully saturated rings. The zero-order valence-electron chi connectivity index (χ0n) is 16.2. The highest BCUT2D eigenvalue weighted by Crippen LogP contribution is 2.40. The monoisotopic (exact) mass is 448 g/mol. The third-order valence-corrected chi connectivity index (χ3v) is 5.40. The summed E-state index contributed by atoms with van der Waals surface area (Å²) in [5.74, 6) is -0.248. The Bertz CT molecular complexity index is 1010. The number of benzene rings is 2. The zero-order valence-corrected chi connectivity index (χ0v) is 17.9. The number of rotatable bonds is 6. The molecule has 0 aliphatic carbocycles.